The molecule has 4 nitrogen and oxygen atoms in total. The molecule has 1 amide bonds. The van der Waals surface area contributed by atoms with Crippen LogP contribution in [-0.4, -0.2) is 16.9 Å². The second kappa shape index (κ2) is 5.82. The highest BCUT2D eigenvalue weighted by Gasteiger charge is 2.00. The van der Waals surface area contributed by atoms with Gasteiger partial charge in [-0.15, -0.1) is 0 Å². The molecule has 0 aliphatic heterocycles. The minimum atomic E-state index is -1.17. The molecule has 0 unspecified atom stereocenters. The van der Waals surface area contributed by atoms with Crippen LogP contribution in [-0.2, 0) is 0 Å². The number of benzene rings is 2. The Hall–Kier alpha value is -2.62. The van der Waals surface area contributed by atoms with Crippen molar-refractivity contribution in [1.29, 1.82) is 0 Å². The summed E-state index contributed by atoms with van der Waals surface area (Å²) in [6.45, 7) is 1.76. The van der Waals surface area contributed by atoms with Crippen molar-refractivity contribution in [2.75, 3.05) is 0 Å². The molecule has 0 saturated heterocycles. The summed E-state index contributed by atoms with van der Waals surface area (Å²) < 4.78 is 0. The summed E-state index contributed by atoms with van der Waals surface area (Å²) >= 11 is 0. The van der Waals surface area contributed by atoms with Crippen molar-refractivity contribution < 1.29 is 9.90 Å². The first-order valence-electron chi connectivity index (χ1n) is 5.86. The number of carboxylic acid groups (broad SMARTS) is 1. The van der Waals surface area contributed by atoms with Crippen molar-refractivity contribution in [2.24, 2.45) is 5.10 Å². The fourth-order valence-corrected chi connectivity index (χ4v) is 1.73. The molecule has 0 aliphatic rings. The number of hydrogen-bond acceptors (Lipinski definition) is 2. The lowest BCUT2D eigenvalue weighted by Crippen LogP contribution is -2.16. The van der Waals surface area contributed by atoms with Crippen LogP contribution in [0.15, 0.2) is 59.7 Å². The molecule has 0 saturated carbocycles. The molecule has 0 aromatic heterocycles. The lowest BCUT2D eigenvalue weighted by atomic mass is 10.0. The zero-order valence-electron chi connectivity index (χ0n) is 10.5. The Kier molecular flexibility index (Phi) is 3.93. The molecule has 2 aromatic rings. The number of hydrazone groups is 1. The molecule has 0 atom stereocenters. The van der Waals surface area contributed by atoms with E-state index in [1.807, 2.05) is 60.0 Å². The maximum Gasteiger partial charge on any atom is 0.425 e. The van der Waals surface area contributed by atoms with E-state index in [0.717, 1.165) is 16.7 Å². The molecule has 0 bridgehead atoms. The number of hydrogen-bond donors (Lipinski definition) is 2. The van der Waals surface area contributed by atoms with Crippen LogP contribution >= 0.6 is 0 Å². The Morgan fingerprint density at radius 1 is 1.00 bits per heavy atom. The van der Waals surface area contributed by atoms with Gasteiger partial charge in [-0.25, -0.2) is 10.2 Å². The Morgan fingerprint density at radius 2 is 1.58 bits per heavy atom. The first-order chi connectivity index (χ1) is 9.16. The van der Waals surface area contributed by atoms with Gasteiger partial charge in [0, 0.05) is 0 Å². The van der Waals surface area contributed by atoms with Gasteiger partial charge in [-0.3, -0.25) is 0 Å². The monoisotopic (exact) mass is 254 g/mol. The average Bonchev–Trinajstić information content (AvgIpc) is 2.46. The number of nitrogens with zero attached hydrogens (tertiary/aromatic N) is 1. The highest BCUT2D eigenvalue weighted by atomic mass is 16.4. The molecular weight excluding hydrogens is 240 g/mol. The van der Waals surface area contributed by atoms with E-state index in [1.165, 1.54) is 0 Å². The Morgan fingerprint density at radius 3 is 2.16 bits per heavy atom. The summed E-state index contributed by atoms with van der Waals surface area (Å²) in [4.78, 5) is 10.4. The van der Waals surface area contributed by atoms with Gasteiger partial charge in [0.05, 0.1) is 5.71 Å². The zero-order valence-corrected chi connectivity index (χ0v) is 10.5. The summed E-state index contributed by atoms with van der Waals surface area (Å²) in [6.07, 6.45) is -1.17. The Bertz CT molecular complexity index is 589. The van der Waals surface area contributed by atoms with Crippen LogP contribution < -0.4 is 5.43 Å². The van der Waals surface area contributed by atoms with Crippen LogP contribution in [0, 0.1) is 0 Å². The van der Waals surface area contributed by atoms with E-state index in [1.54, 1.807) is 6.92 Å². The van der Waals surface area contributed by atoms with E-state index in [0.29, 0.717) is 5.71 Å². The molecule has 4 heteroatoms. The van der Waals surface area contributed by atoms with Crippen LogP contribution in [0.4, 0.5) is 4.79 Å². The second-order valence-corrected chi connectivity index (χ2v) is 4.06. The molecule has 0 heterocycles. The van der Waals surface area contributed by atoms with E-state index in [-0.39, 0.29) is 0 Å². The van der Waals surface area contributed by atoms with Crippen LogP contribution in [0.3, 0.4) is 0 Å². The van der Waals surface area contributed by atoms with Gasteiger partial charge < -0.3 is 5.11 Å². The van der Waals surface area contributed by atoms with Crippen molar-refractivity contribution in [2.45, 2.75) is 6.92 Å². The van der Waals surface area contributed by atoms with Crippen molar-refractivity contribution in [3.63, 3.8) is 0 Å². The van der Waals surface area contributed by atoms with Gasteiger partial charge in [0.1, 0.15) is 0 Å². The Labute approximate surface area is 111 Å². The standard InChI is InChI=1S/C15H14N2O2/c1-11(16-17-15(18)19)12-7-9-14(10-8-12)13-5-3-2-4-6-13/h2-10,17H,1H3,(H,18,19)/b16-11+. The summed E-state index contributed by atoms with van der Waals surface area (Å²) in [5.74, 6) is 0. The van der Waals surface area contributed by atoms with Gasteiger partial charge in [0.15, 0.2) is 0 Å². The zero-order chi connectivity index (χ0) is 13.7. The number of rotatable bonds is 3. The highest BCUT2D eigenvalue weighted by Crippen LogP contribution is 2.19. The van der Waals surface area contributed by atoms with E-state index in [9.17, 15) is 4.79 Å². The first kappa shape index (κ1) is 12.8. The fourth-order valence-electron chi connectivity index (χ4n) is 1.73. The number of nitrogens with one attached hydrogen (secondary N) is 1. The molecular formula is C15H14N2O2. The van der Waals surface area contributed by atoms with Gasteiger partial charge in [-0.05, 0) is 23.6 Å². The minimum Gasteiger partial charge on any atom is -0.464 e. The van der Waals surface area contributed by atoms with E-state index >= 15 is 0 Å². The molecule has 0 radical (unpaired) electrons. The molecule has 19 heavy (non-hydrogen) atoms. The second-order valence-electron chi connectivity index (χ2n) is 4.06. The lowest BCUT2D eigenvalue weighted by Gasteiger charge is -2.04. The molecule has 2 aromatic carbocycles. The normalized spacial score (nSPS) is 11.1. The first-order valence-corrected chi connectivity index (χ1v) is 5.86. The quantitative estimate of drug-likeness (QED) is 0.651. The summed E-state index contributed by atoms with van der Waals surface area (Å²) in [5, 5.41) is 12.2. The van der Waals surface area contributed by atoms with Crippen molar-refractivity contribution in [1.82, 2.24) is 5.43 Å². The fraction of sp³-hybridized carbons (Fsp3) is 0.0667. The van der Waals surface area contributed by atoms with Crippen LogP contribution in [0.25, 0.3) is 11.1 Å². The van der Waals surface area contributed by atoms with E-state index in [4.69, 9.17) is 5.11 Å². The third kappa shape index (κ3) is 3.42. The number of carbonyl (C=O) groups is 1. The predicted molar refractivity (Wildman–Crippen MR) is 75.2 cm³/mol. The molecule has 0 spiro atoms. The van der Waals surface area contributed by atoms with Crippen LogP contribution in [0.2, 0.25) is 0 Å². The van der Waals surface area contributed by atoms with Crippen molar-refractivity contribution in [3.05, 3.63) is 60.2 Å². The Balaban J connectivity index is 2.19. The van der Waals surface area contributed by atoms with Crippen molar-refractivity contribution >= 4 is 11.8 Å². The van der Waals surface area contributed by atoms with Crippen molar-refractivity contribution in [3.8, 4) is 11.1 Å². The van der Waals surface area contributed by atoms with Gasteiger partial charge in [0.25, 0.3) is 0 Å². The molecule has 0 aliphatic carbocycles. The van der Waals surface area contributed by atoms with Gasteiger partial charge >= 0.3 is 6.09 Å². The van der Waals surface area contributed by atoms with Gasteiger partial charge in [0.2, 0.25) is 0 Å². The summed E-state index contributed by atoms with van der Waals surface area (Å²) in [7, 11) is 0. The summed E-state index contributed by atoms with van der Waals surface area (Å²) in [6, 6.07) is 17.9. The number of amides is 1. The van der Waals surface area contributed by atoms with Gasteiger partial charge in [-0.2, -0.15) is 5.10 Å². The predicted octanol–water partition coefficient (Wildman–Crippen LogP) is 3.35. The molecule has 2 rings (SSSR count). The maximum atomic E-state index is 10.4. The van der Waals surface area contributed by atoms with E-state index in [2.05, 4.69) is 5.10 Å². The highest BCUT2D eigenvalue weighted by molar-refractivity contribution is 5.99. The SMILES string of the molecule is C/C(=N\NC(=O)O)c1ccc(-c2ccccc2)cc1. The van der Waals surface area contributed by atoms with Crippen LogP contribution in [0.5, 0.6) is 0 Å². The minimum absolute atomic E-state index is 0.627. The molecule has 2 N–H and O–H groups in total. The average molecular weight is 254 g/mol. The third-order valence-corrected chi connectivity index (χ3v) is 2.73. The van der Waals surface area contributed by atoms with Gasteiger partial charge in [-0.1, -0.05) is 54.6 Å². The smallest absolute Gasteiger partial charge is 0.425 e. The molecule has 96 valence electrons. The van der Waals surface area contributed by atoms with E-state index < -0.39 is 6.09 Å². The largest absolute Gasteiger partial charge is 0.464 e. The van der Waals surface area contributed by atoms with Crippen LogP contribution in [0.1, 0.15) is 12.5 Å². The third-order valence-electron chi connectivity index (χ3n) is 2.73. The maximum absolute atomic E-state index is 10.4. The topological polar surface area (TPSA) is 61.7 Å². The lowest BCUT2D eigenvalue weighted by molar-refractivity contribution is 0.195. The molecule has 0 fully saturated rings. The summed E-state index contributed by atoms with van der Waals surface area (Å²) in [5.41, 5.74) is 5.76.